The normalized spacial score (nSPS) is 12.3. The largest absolute Gasteiger partial charge is 0.497 e. The molecule has 0 bridgehead atoms. The molecule has 2 N–H and O–H groups in total. The highest BCUT2D eigenvalue weighted by atomic mass is 16.5. The van der Waals surface area contributed by atoms with Crippen LogP contribution < -0.4 is 14.8 Å². The lowest BCUT2D eigenvalue weighted by Gasteiger charge is -2.17. The Morgan fingerprint density at radius 2 is 2.07 bits per heavy atom. The Morgan fingerprint density at radius 1 is 1.33 bits per heavy atom. The number of aliphatic hydroxyl groups is 1. The summed E-state index contributed by atoms with van der Waals surface area (Å²) in [5, 5.41) is 12.2. The van der Waals surface area contributed by atoms with Gasteiger partial charge in [-0.15, -0.1) is 0 Å². The van der Waals surface area contributed by atoms with E-state index in [-0.39, 0.29) is 12.6 Å². The van der Waals surface area contributed by atoms with E-state index in [0.29, 0.717) is 5.75 Å². The first-order chi connectivity index (χ1) is 7.26. The minimum atomic E-state index is -0.120. The van der Waals surface area contributed by atoms with E-state index in [0.717, 1.165) is 11.3 Å². The molecule has 0 saturated carbocycles. The van der Waals surface area contributed by atoms with Gasteiger partial charge in [0, 0.05) is 11.6 Å². The molecule has 4 heteroatoms. The second-order valence-corrected chi connectivity index (χ2v) is 3.13. The average Bonchev–Trinajstić information content (AvgIpc) is 2.31. The Balaban J connectivity index is 3.06. The van der Waals surface area contributed by atoms with Crippen molar-refractivity contribution in [2.45, 2.75) is 6.04 Å². The van der Waals surface area contributed by atoms with Crippen LogP contribution in [0.25, 0.3) is 0 Å². The molecule has 0 amide bonds. The van der Waals surface area contributed by atoms with Crippen molar-refractivity contribution in [2.75, 3.05) is 27.9 Å². The molecule has 1 rings (SSSR count). The molecule has 0 aliphatic heterocycles. The number of ether oxygens (including phenoxy) is 2. The van der Waals surface area contributed by atoms with Gasteiger partial charge in [-0.1, -0.05) is 0 Å². The van der Waals surface area contributed by atoms with Crippen molar-refractivity contribution in [3.8, 4) is 11.5 Å². The van der Waals surface area contributed by atoms with Gasteiger partial charge < -0.3 is 19.9 Å². The molecule has 84 valence electrons. The zero-order valence-electron chi connectivity index (χ0n) is 9.28. The van der Waals surface area contributed by atoms with E-state index in [2.05, 4.69) is 5.32 Å². The third-order valence-corrected chi connectivity index (χ3v) is 2.35. The van der Waals surface area contributed by atoms with Crippen LogP contribution in [0.5, 0.6) is 11.5 Å². The summed E-state index contributed by atoms with van der Waals surface area (Å²) in [4.78, 5) is 0. The van der Waals surface area contributed by atoms with Crippen molar-refractivity contribution in [1.29, 1.82) is 0 Å². The van der Waals surface area contributed by atoms with Crippen LogP contribution in [0.2, 0.25) is 0 Å². The predicted molar refractivity (Wildman–Crippen MR) is 58.4 cm³/mol. The van der Waals surface area contributed by atoms with Crippen molar-refractivity contribution in [3.05, 3.63) is 23.8 Å². The fraction of sp³-hybridized carbons (Fsp3) is 0.455. The molecule has 0 fully saturated rings. The number of hydrogen-bond donors (Lipinski definition) is 2. The van der Waals surface area contributed by atoms with Crippen molar-refractivity contribution >= 4 is 0 Å². The van der Waals surface area contributed by atoms with Crippen LogP contribution >= 0.6 is 0 Å². The minimum absolute atomic E-state index is 0.0270. The van der Waals surface area contributed by atoms with E-state index < -0.39 is 0 Å². The fourth-order valence-corrected chi connectivity index (χ4v) is 1.45. The summed E-state index contributed by atoms with van der Waals surface area (Å²) >= 11 is 0. The Kier molecular flexibility index (Phi) is 4.39. The van der Waals surface area contributed by atoms with E-state index in [4.69, 9.17) is 9.47 Å². The summed E-state index contributed by atoms with van der Waals surface area (Å²) in [6, 6.07) is 5.41. The van der Waals surface area contributed by atoms with Crippen LogP contribution in [0.4, 0.5) is 0 Å². The SMILES string of the molecule is CN[C@@H](CO)c1ccc(OC)cc1OC. The quantitative estimate of drug-likeness (QED) is 0.761. The molecule has 0 aliphatic carbocycles. The minimum Gasteiger partial charge on any atom is -0.497 e. The van der Waals surface area contributed by atoms with Gasteiger partial charge >= 0.3 is 0 Å². The number of likely N-dealkylation sites (N-methyl/N-ethyl adjacent to an activating group) is 1. The van der Waals surface area contributed by atoms with Crippen molar-refractivity contribution < 1.29 is 14.6 Å². The molecule has 0 spiro atoms. The standard InChI is InChI=1S/C11H17NO3/c1-12-10(7-13)9-5-4-8(14-2)6-11(9)15-3/h4-6,10,12-13H,7H2,1-3H3/t10-/m0/s1. The van der Waals surface area contributed by atoms with E-state index in [1.54, 1.807) is 27.3 Å². The second kappa shape index (κ2) is 5.58. The molecule has 15 heavy (non-hydrogen) atoms. The molecule has 1 atom stereocenters. The second-order valence-electron chi connectivity index (χ2n) is 3.13. The Morgan fingerprint density at radius 3 is 2.53 bits per heavy atom. The highest BCUT2D eigenvalue weighted by molar-refractivity contribution is 5.42. The maximum atomic E-state index is 9.18. The average molecular weight is 211 g/mol. The number of benzene rings is 1. The molecule has 1 aromatic rings. The van der Waals surface area contributed by atoms with Crippen molar-refractivity contribution in [1.82, 2.24) is 5.32 Å². The Hall–Kier alpha value is -1.26. The lowest BCUT2D eigenvalue weighted by atomic mass is 10.1. The third kappa shape index (κ3) is 2.61. The van der Waals surface area contributed by atoms with E-state index in [1.165, 1.54) is 0 Å². The van der Waals surface area contributed by atoms with Gasteiger partial charge in [0.15, 0.2) is 0 Å². The number of hydrogen-bond acceptors (Lipinski definition) is 4. The Bertz CT molecular complexity index is 311. The number of rotatable bonds is 5. The van der Waals surface area contributed by atoms with Crippen LogP contribution in [-0.4, -0.2) is 33.0 Å². The first kappa shape index (κ1) is 11.8. The molecule has 0 radical (unpaired) electrons. The molecule has 0 aromatic heterocycles. The fourth-order valence-electron chi connectivity index (χ4n) is 1.45. The summed E-state index contributed by atoms with van der Waals surface area (Å²) in [5.41, 5.74) is 0.920. The smallest absolute Gasteiger partial charge is 0.127 e. The predicted octanol–water partition coefficient (Wildman–Crippen LogP) is 0.957. The monoisotopic (exact) mass is 211 g/mol. The lowest BCUT2D eigenvalue weighted by molar-refractivity contribution is 0.247. The van der Waals surface area contributed by atoms with Crippen LogP contribution in [0.1, 0.15) is 11.6 Å². The van der Waals surface area contributed by atoms with Gasteiger partial charge in [0.25, 0.3) is 0 Å². The summed E-state index contributed by atoms with van der Waals surface area (Å²) in [6.45, 7) is 0.0270. The molecular weight excluding hydrogens is 194 g/mol. The zero-order chi connectivity index (χ0) is 11.3. The molecule has 0 heterocycles. The van der Waals surface area contributed by atoms with Gasteiger partial charge in [0.1, 0.15) is 11.5 Å². The van der Waals surface area contributed by atoms with Crippen LogP contribution in [0.15, 0.2) is 18.2 Å². The molecule has 4 nitrogen and oxygen atoms in total. The number of aliphatic hydroxyl groups excluding tert-OH is 1. The lowest BCUT2D eigenvalue weighted by Crippen LogP contribution is -2.20. The topological polar surface area (TPSA) is 50.7 Å². The third-order valence-electron chi connectivity index (χ3n) is 2.35. The van der Waals surface area contributed by atoms with Gasteiger partial charge in [-0.05, 0) is 19.2 Å². The number of methoxy groups -OCH3 is 2. The summed E-state index contributed by atoms with van der Waals surface area (Å²) < 4.78 is 10.3. The molecular formula is C11H17NO3. The van der Waals surface area contributed by atoms with Gasteiger partial charge in [-0.25, -0.2) is 0 Å². The first-order valence-electron chi connectivity index (χ1n) is 4.76. The number of nitrogens with one attached hydrogen (secondary N) is 1. The molecule has 0 aliphatic rings. The maximum Gasteiger partial charge on any atom is 0.127 e. The van der Waals surface area contributed by atoms with Crippen LogP contribution in [0.3, 0.4) is 0 Å². The highest BCUT2D eigenvalue weighted by Gasteiger charge is 2.13. The van der Waals surface area contributed by atoms with Gasteiger partial charge in [-0.3, -0.25) is 0 Å². The van der Waals surface area contributed by atoms with E-state index in [9.17, 15) is 5.11 Å². The molecule has 1 aromatic carbocycles. The zero-order valence-corrected chi connectivity index (χ0v) is 9.28. The summed E-state index contributed by atoms with van der Waals surface area (Å²) in [7, 11) is 5.00. The maximum absolute atomic E-state index is 9.18. The first-order valence-corrected chi connectivity index (χ1v) is 4.76. The molecule has 0 saturated heterocycles. The van der Waals surface area contributed by atoms with E-state index >= 15 is 0 Å². The van der Waals surface area contributed by atoms with Crippen molar-refractivity contribution in [2.24, 2.45) is 0 Å². The van der Waals surface area contributed by atoms with Crippen molar-refractivity contribution in [3.63, 3.8) is 0 Å². The summed E-state index contributed by atoms with van der Waals surface area (Å²) in [6.07, 6.45) is 0. The summed E-state index contributed by atoms with van der Waals surface area (Å²) in [5.74, 6) is 1.45. The van der Waals surface area contributed by atoms with E-state index in [1.807, 2.05) is 12.1 Å². The Labute approximate surface area is 89.8 Å². The highest BCUT2D eigenvalue weighted by Crippen LogP contribution is 2.28. The van der Waals surface area contributed by atoms with Crippen LogP contribution in [0, 0.1) is 0 Å². The van der Waals surface area contributed by atoms with Crippen LogP contribution in [-0.2, 0) is 0 Å². The van der Waals surface area contributed by atoms with Gasteiger partial charge in [0.2, 0.25) is 0 Å². The van der Waals surface area contributed by atoms with Gasteiger partial charge in [-0.2, -0.15) is 0 Å². The van der Waals surface area contributed by atoms with Gasteiger partial charge in [0.05, 0.1) is 26.9 Å². The molecule has 0 unspecified atom stereocenters.